The van der Waals surface area contributed by atoms with E-state index in [9.17, 15) is 4.79 Å². The monoisotopic (exact) mass is 202 g/mol. The van der Waals surface area contributed by atoms with Gasteiger partial charge in [0.25, 0.3) is 0 Å². The third kappa shape index (κ3) is 3.87. The quantitative estimate of drug-likeness (QED) is 0.704. The number of nitrogens with zero attached hydrogens (tertiary/aromatic N) is 1. The summed E-state index contributed by atoms with van der Waals surface area (Å²) >= 11 is 4.64. The van der Waals surface area contributed by atoms with Crippen LogP contribution in [0.2, 0.25) is 0 Å². The van der Waals surface area contributed by atoms with Crippen LogP contribution in [0.15, 0.2) is 18.3 Å². The van der Waals surface area contributed by atoms with E-state index >= 15 is 0 Å². The Balaban J connectivity index is 0.000000671. The number of carboxylic acid groups (broad SMARTS) is 1. The van der Waals surface area contributed by atoms with Crippen molar-refractivity contribution in [2.75, 3.05) is 6.38 Å². The summed E-state index contributed by atoms with van der Waals surface area (Å²) in [5, 5.41) is 8.48. The van der Waals surface area contributed by atoms with Crippen LogP contribution in [-0.4, -0.2) is 22.4 Å². The molecule has 72 valence electrons. The van der Waals surface area contributed by atoms with Crippen molar-refractivity contribution < 1.29 is 9.90 Å². The SMILES string of the molecule is CCl.NCc1ccc(C(=O)O)cn1. The maximum absolute atomic E-state index is 10.3. The van der Waals surface area contributed by atoms with Crippen molar-refractivity contribution in [2.45, 2.75) is 6.54 Å². The van der Waals surface area contributed by atoms with E-state index in [1.165, 1.54) is 18.6 Å². The van der Waals surface area contributed by atoms with Gasteiger partial charge in [0, 0.05) is 19.1 Å². The Morgan fingerprint density at radius 2 is 2.23 bits per heavy atom. The first kappa shape index (κ1) is 11.9. The highest BCUT2D eigenvalue weighted by Gasteiger charge is 2.00. The Morgan fingerprint density at radius 3 is 2.54 bits per heavy atom. The van der Waals surface area contributed by atoms with Gasteiger partial charge in [-0.15, -0.1) is 11.6 Å². The molecule has 3 N–H and O–H groups in total. The van der Waals surface area contributed by atoms with E-state index in [-0.39, 0.29) is 5.56 Å². The first-order chi connectivity index (χ1) is 6.24. The zero-order chi connectivity index (χ0) is 10.3. The number of hydrogen-bond acceptors (Lipinski definition) is 3. The molecule has 0 unspecified atom stereocenters. The number of carbonyl (C=O) groups is 1. The topological polar surface area (TPSA) is 76.2 Å². The van der Waals surface area contributed by atoms with Gasteiger partial charge in [0.15, 0.2) is 0 Å². The predicted molar refractivity (Wildman–Crippen MR) is 50.9 cm³/mol. The van der Waals surface area contributed by atoms with Gasteiger partial charge >= 0.3 is 5.97 Å². The van der Waals surface area contributed by atoms with Crippen LogP contribution in [0.1, 0.15) is 16.1 Å². The van der Waals surface area contributed by atoms with E-state index in [1.807, 2.05) is 0 Å². The standard InChI is InChI=1S/C7H8N2O2.CH3Cl/c8-3-6-2-1-5(4-9-6)7(10)11;1-2/h1-2,4H,3,8H2,(H,10,11);1H3. The van der Waals surface area contributed by atoms with Gasteiger partial charge in [0.2, 0.25) is 0 Å². The number of pyridine rings is 1. The average molecular weight is 203 g/mol. The van der Waals surface area contributed by atoms with Gasteiger partial charge in [-0.1, -0.05) is 0 Å². The second kappa shape index (κ2) is 6.39. The molecular weight excluding hydrogens is 192 g/mol. The molecule has 0 aliphatic carbocycles. The highest BCUT2D eigenvalue weighted by atomic mass is 35.5. The molecule has 13 heavy (non-hydrogen) atoms. The molecule has 0 atom stereocenters. The van der Waals surface area contributed by atoms with Gasteiger partial charge in [-0.25, -0.2) is 4.79 Å². The zero-order valence-corrected chi connectivity index (χ0v) is 7.95. The Morgan fingerprint density at radius 1 is 1.62 bits per heavy atom. The maximum atomic E-state index is 10.3. The van der Waals surface area contributed by atoms with Crippen LogP contribution in [0, 0.1) is 0 Å². The van der Waals surface area contributed by atoms with Crippen LogP contribution in [0.25, 0.3) is 0 Å². The van der Waals surface area contributed by atoms with Crippen LogP contribution < -0.4 is 5.73 Å². The Hall–Kier alpha value is -1.13. The summed E-state index contributed by atoms with van der Waals surface area (Å²) in [4.78, 5) is 14.1. The molecule has 0 amide bonds. The van der Waals surface area contributed by atoms with Crippen molar-refractivity contribution in [1.29, 1.82) is 0 Å². The number of aromatic carboxylic acids is 1. The predicted octanol–water partition coefficient (Wildman–Crippen LogP) is 1.09. The molecular formula is C8H11ClN2O2. The molecule has 0 saturated carbocycles. The van der Waals surface area contributed by atoms with Crippen LogP contribution >= 0.6 is 11.6 Å². The van der Waals surface area contributed by atoms with Crippen LogP contribution in [0.5, 0.6) is 0 Å². The van der Waals surface area contributed by atoms with Crippen LogP contribution in [0.4, 0.5) is 0 Å². The first-order valence-electron chi connectivity index (χ1n) is 3.50. The van der Waals surface area contributed by atoms with Gasteiger partial charge in [0.05, 0.1) is 11.3 Å². The summed E-state index contributed by atoms with van der Waals surface area (Å²) in [6.07, 6.45) is 2.77. The van der Waals surface area contributed by atoms with Crippen molar-refractivity contribution in [1.82, 2.24) is 4.98 Å². The lowest BCUT2D eigenvalue weighted by Gasteiger charge is -1.95. The number of rotatable bonds is 2. The minimum absolute atomic E-state index is 0.183. The van der Waals surface area contributed by atoms with Crippen molar-refractivity contribution in [2.24, 2.45) is 5.73 Å². The molecule has 1 aromatic heterocycles. The van der Waals surface area contributed by atoms with Gasteiger partial charge in [-0.2, -0.15) is 0 Å². The van der Waals surface area contributed by atoms with Crippen molar-refractivity contribution in [3.05, 3.63) is 29.6 Å². The molecule has 0 fully saturated rings. The molecule has 1 rings (SSSR count). The van der Waals surface area contributed by atoms with E-state index in [2.05, 4.69) is 16.6 Å². The summed E-state index contributed by atoms with van der Waals surface area (Å²) in [5.74, 6) is -0.971. The fourth-order valence-corrected chi connectivity index (χ4v) is 0.672. The van der Waals surface area contributed by atoms with Gasteiger partial charge in [-0.3, -0.25) is 4.98 Å². The van der Waals surface area contributed by atoms with E-state index in [4.69, 9.17) is 10.8 Å². The maximum Gasteiger partial charge on any atom is 0.337 e. The summed E-state index contributed by atoms with van der Waals surface area (Å²) < 4.78 is 0. The highest BCUT2D eigenvalue weighted by Crippen LogP contribution is 1.98. The molecule has 1 aromatic rings. The highest BCUT2D eigenvalue weighted by molar-refractivity contribution is 6.15. The number of halogens is 1. The largest absolute Gasteiger partial charge is 0.478 e. The first-order valence-corrected chi connectivity index (χ1v) is 4.25. The second-order valence-electron chi connectivity index (χ2n) is 2.05. The third-order valence-corrected chi connectivity index (χ3v) is 1.28. The fraction of sp³-hybridized carbons (Fsp3) is 0.250. The molecule has 0 radical (unpaired) electrons. The Labute approximate surface area is 81.4 Å². The lowest BCUT2D eigenvalue weighted by molar-refractivity contribution is 0.0696. The molecule has 0 aromatic carbocycles. The number of carboxylic acids is 1. The Bertz CT molecular complexity index is 261. The van der Waals surface area contributed by atoms with Crippen molar-refractivity contribution in [3.8, 4) is 0 Å². The summed E-state index contributed by atoms with van der Waals surface area (Å²) in [6, 6.07) is 3.08. The van der Waals surface area contributed by atoms with E-state index < -0.39 is 5.97 Å². The van der Waals surface area contributed by atoms with Gasteiger partial charge in [0.1, 0.15) is 0 Å². The van der Waals surface area contributed by atoms with Crippen molar-refractivity contribution >= 4 is 17.6 Å². The minimum Gasteiger partial charge on any atom is -0.478 e. The number of aromatic nitrogens is 1. The lowest BCUT2D eigenvalue weighted by Crippen LogP contribution is -2.02. The molecule has 1 heterocycles. The Kier molecular flexibility index (Phi) is 5.84. The minimum atomic E-state index is -0.971. The second-order valence-corrected chi connectivity index (χ2v) is 2.05. The molecule has 5 heteroatoms. The normalized spacial score (nSPS) is 8.54. The smallest absolute Gasteiger partial charge is 0.337 e. The molecule has 0 spiro atoms. The number of hydrogen-bond donors (Lipinski definition) is 2. The van der Waals surface area contributed by atoms with Crippen molar-refractivity contribution in [3.63, 3.8) is 0 Å². The summed E-state index contributed by atoms with van der Waals surface area (Å²) in [7, 11) is 0. The van der Waals surface area contributed by atoms with Gasteiger partial charge < -0.3 is 10.8 Å². The van der Waals surface area contributed by atoms with E-state index in [0.717, 1.165) is 0 Å². The molecule has 0 bridgehead atoms. The lowest BCUT2D eigenvalue weighted by atomic mass is 10.2. The van der Waals surface area contributed by atoms with Gasteiger partial charge in [-0.05, 0) is 12.1 Å². The fourth-order valence-electron chi connectivity index (χ4n) is 0.672. The average Bonchev–Trinajstić information content (AvgIpc) is 2.21. The van der Waals surface area contributed by atoms with Crippen LogP contribution in [-0.2, 0) is 6.54 Å². The zero-order valence-electron chi connectivity index (χ0n) is 7.20. The number of nitrogens with two attached hydrogens (primary N) is 1. The molecule has 0 saturated heterocycles. The number of alkyl halides is 1. The van der Waals surface area contributed by atoms with E-state index in [1.54, 1.807) is 6.07 Å². The van der Waals surface area contributed by atoms with E-state index in [0.29, 0.717) is 12.2 Å². The third-order valence-electron chi connectivity index (χ3n) is 1.28. The molecule has 4 nitrogen and oxygen atoms in total. The van der Waals surface area contributed by atoms with Crippen LogP contribution in [0.3, 0.4) is 0 Å². The summed E-state index contributed by atoms with van der Waals surface area (Å²) in [5.41, 5.74) is 6.14. The summed E-state index contributed by atoms with van der Waals surface area (Å²) in [6.45, 7) is 0.333. The molecule has 0 aliphatic heterocycles. The molecule has 0 aliphatic rings.